The predicted molar refractivity (Wildman–Crippen MR) is 133 cm³/mol. The Morgan fingerprint density at radius 1 is 1.12 bits per heavy atom. The van der Waals surface area contributed by atoms with Gasteiger partial charge in [-0.05, 0) is 55.0 Å². The molecule has 10 heteroatoms. The van der Waals surface area contributed by atoms with E-state index in [0.717, 1.165) is 5.56 Å². The van der Waals surface area contributed by atoms with Gasteiger partial charge in [0.15, 0.2) is 5.11 Å². The standard InChI is InChI=1S/C23H23Cl2N3O4S/c1-13-19(22(30)32-11-10-31-3)20(27-23(33)28(13)2)14-4-7-16(8-5-14)26-21(29)15-6-9-17(24)18(25)12-15/h4-9,12,20H,10-11H2,1-3H3,(H,26,29)(H,27,33). The van der Waals surface area contributed by atoms with Crippen molar-refractivity contribution in [1.82, 2.24) is 10.2 Å². The molecule has 1 aliphatic heterocycles. The first-order valence-electron chi connectivity index (χ1n) is 10.00. The second-order valence-electron chi connectivity index (χ2n) is 7.27. The van der Waals surface area contributed by atoms with E-state index < -0.39 is 12.0 Å². The summed E-state index contributed by atoms with van der Waals surface area (Å²) in [6.07, 6.45) is 0. The van der Waals surface area contributed by atoms with Crippen LogP contribution in [0, 0.1) is 0 Å². The van der Waals surface area contributed by atoms with E-state index in [2.05, 4.69) is 10.6 Å². The summed E-state index contributed by atoms with van der Waals surface area (Å²) in [7, 11) is 3.32. The highest BCUT2D eigenvalue weighted by molar-refractivity contribution is 7.80. The summed E-state index contributed by atoms with van der Waals surface area (Å²) in [5, 5.41) is 7.17. The number of nitrogens with zero attached hydrogens (tertiary/aromatic N) is 1. The first kappa shape index (κ1) is 25.0. The normalized spacial score (nSPS) is 15.8. The Labute approximate surface area is 207 Å². The average Bonchev–Trinajstić information content (AvgIpc) is 2.79. The third-order valence-corrected chi connectivity index (χ3v) is 6.31. The molecule has 0 bridgehead atoms. The number of ether oxygens (including phenoxy) is 2. The van der Waals surface area contributed by atoms with Gasteiger partial charge in [-0.2, -0.15) is 0 Å². The summed E-state index contributed by atoms with van der Waals surface area (Å²) in [4.78, 5) is 27.1. The van der Waals surface area contributed by atoms with Crippen molar-refractivity contribution >= 4 is 58.1 Å². The lowest BCUT2D eigenvalue weighted by atomic mass is 9.95. The van der Waals surface area contributed by atoms with Gasteiger partial charge in [-0.1, -0.05) is 35.3 Å². The molecule has 1 atom stereocenters. The number of carbonyl (C=O) groups is 2. The summed E-state index contributed by atoms with van der Waals surface area (Å²) >= 11 is 17.3. The molecule has 0 spiro atoms. The molecular formula is C23H23Cl2N3O4S. The van der Waals surface area contributed by atoms with E-state index >= 15 is 0 Å². The Kier molecular flexibility index (Phi) is 8.31. The van der Waals surface area contributed by atoms with Gasteiger partial charge in [-0.15, -0.1) is 0 Å². The number of hydrogen-bond acceptors (Lipinski definition) is 5. The van der Waals surface area contributed by atoms with E-state index in [-0.39, 0.29) is 12.5 Å². The zero-order valence-corrected chi connectivity index (χ0v) is 20.6. The lowest BCUT2D eigenvalue weighted by Gasteiger charge is -2.35. The van der Waals surface area contributed by atoms with E-state index in [1.807, 2.05) is 19.1 Å². The molecule has 1 amide bonds. The Morgan fingerprint density at radius 3 is 2.45 bits per heavy atom. The third-order valence-electron chi connectivity index (χ3n) is 5.18. The van der Waals surface area contributed by atoms with Gasteiger partial charge in [-0.3, -0.25) is 4.79 Å². The number of carbonyl (C=O) groups excluding carboxylic acids is 2. The van der Waals surface area contributed by atoms with Crippen molar-refractivity contribution in [3.05, 3.63) is 74.9 Å². The van der Waals surface area contributed by atoms with Crippen molar-refractivity contribution in [1.29, 1.82) is 0 Å². The van der Waals surface area contributed by atoms with E-state index in [4.69, 9.17) is 44.9 Å². The second-order valence-corrected chi connectivity index (χ2v) is 8.48. The number of methoxy groups -OCH3 is 1. The second kappa shape index (κ2) is 11.0. The first-order valence-corrected chi connectivity index (χ1v) is 11.2. The molecule has 0 aliphatic carbocycles. The van der Waals surface area contributed by atoms with Gasteiger partial charge < -0.3 is 25.0 Å². The summed E-state index contributed by atoms with van der Waals surface area (Å²) < 4.78 is 10.3. The number of amides is 1. The zero-order chi connectivity index (χ0) is 24.1. The molecular weight excluding hydrogens is 485 g/mol. The third kappa shape index (κ3) is 5.83. The lowest BCUT2D eigenvalue weighted by molar-refractivity contribution is -0.140. The van der Waals surface area contributed by atoms with Crippen LogP contribution in [0.2, 0.25) is 10.0 Å². The van der Waals surface area contributed by atoms with Gasteiger partial charge in [0, 0.05) is 31.1 Å². The number of allylic oxidation sites excluding steroid dienone is 1. The molecule has 1 heterocycles. The molecule has 174 valence electrons. The van der Waals surface area contributed by atoms with Crippen LogP contribution in [0.4, 0.5) is 5.69 Å². The SMILES string of the molecule is COCCOC(=O)C1=C(C)N(C)C(=S)NC1c1ccc(NC(=O)c2ccc(Cl)c(Cl)c2)cc1. The van der Waals surface area contributed by atoms with Crippen LogP contribution in [0.25, 0.3) is 0 Å². The van der Waals surface area contributed by atoms with Crippen LogP contribution in [0.15, 0.2) is 53.7 Å². The Morgan fingerprint density at radius 2 is 1.82 bits per heavy atom. The Hall–Kier alpha value is -2.65. The quantitative estimate of drug-likeness (QED) is 0.322. The highest BCUT2D eigenvalue weighted by atomic mass is 35.5. The number of rotatable bonds is 7. The van der Waals surface area contributed by atoms with E-state index in [1.54, 1.807) is 36.2 Å². The molecule has 7 nitrogen and oxygen atoms in total. The largest absolute Gasteiger partial charge is 0.460 e. The van der Waals surface area contributed by atoms with Crippen LogP contribution in [0.3, 0.4) is 0 Å². The number of anilines is 1. The number of nitrogens with one attached hydrogen (secondary N) is 2. The van der Waals surface area contributed by atoms with E-state index in [1.165, 1.54) is 13.2 Å². The monoisotopic (exact) mass is 507 g/mol. The van der Waals surface area contributed by atoms with Gasteiger partial charge in [-0.25, -0.2) is 4.79 Å². The van der Waals surface area contributed by atoms with Gasteiger partial charge in [0.1, 0.15) is 6.61 Å². The molecule has 0 saturated heterocycles. The number of hydrogen-bond donors (Lipinski definition) is 2. The molecule has 33 heavy (non-hydrogen) atoms. The van der Waals surface area contributed by atoms with Crippen molar-refractivity contribution in [2.75, 3.05) is 32.7 Å². The van der Waals surface area contributed by atoms with Crippen LogP contribution in [0.5, 0.6) is 0 Å². The highest BCUT2D eigenvalue weighted by Crippen LogP contribution is 2.31. The molecule has 0 radical (unpaired) electrons. The Bertz CT molecular complexity index is 1110. The minimum atomic E-state index is -0.497. The van der Waals surface area contributed by atoms with Crippen LogP contribution in [0.1, 0.15) is 28.9 Å². The van der Waals surface area contributed by atoms with Crippen LogP contribution >= 0.6 is 35.4 Å². The van der Waals surface area contributed by atoms with Gasteiger partial charge in [0.05, 0.1) is 28.3 Å². The fourth-order valence-electron chi connectivity index (χ4n) is 3.24. The summed E-state index contributed by atoms with van der Waals surface area (Å²) in [5.41, 5.74) is 2.90. The molecule has 0 fully saturated rings. The topological polar surface area (TPSA) is 79.9 Å². The van der Waals surface area contributed by atoms with Crippen LogP contribution in [-0.4, -0.2) is 49.3 Å². The predicted octanol–water partition coefficient (Wildman–Crippen LogP) is 4.57. The van der Waals surface area contributed by atoms with E-state index in [9.17, 15) is 9.59 Å². The minimum absolute atomic E-state index is 0.146. The maximum atomic E-state index is 12.8. The summed E-state index contributed by atoms with van der Waals surface area (Å²) in [5.74, 6) is -0.772. The van der Waals surface area contributed by atoms with Crippen LogP contribution < -0.4 is 10.6 Å². The summed E-state index contributed by atoms with van der Waals surface area (Å²) in [6.45, 7) is 2.27. The van der Waals surface area contributed by atoms with Crippen molar-refractivity contribution in [2.45, 2.75) is 13.0 Å². The fourth-order valence-corrected chi connectivity index (χ4v) is 3.80. The van der Waals surface area contributed by atoms with Crippen molar-refractivity contribution in [2.24, 2.45) is 0 Å². The molecule has 2 N–H and O–H groups in total. The molecule has 0 saturated carbocycles. The van der Waals surface area contributed by atoms with Crippen LogP contribution in [-0.2, 0) is 14.3 Å². The minimum Gasteiger partial charge on any atom is -0.460 e. The van der Waals surface area contributed by atoms with Crippen molar-refractivity contribution < 1.29 is 19.1 Å². The molecule has 3 rings (SSSR count). The van der Waals surface area contributed by atoms with Gasteiger partial charge in [0.2, 0.25) is 0 Å². The molecule has 2 aromatic rings. The molecule has 2 aromatic carbocycles. The van der Waals surface area contributed by atoms with Gasteiger partial charge in [0.25, 0.3) is 5.91 Å². The molecule has 0 aromatic heterocycles. The molecule has 1 aliphatic rings. The zero-order valence-electron chi connectivity index (χ0n) is 18.3. The number of esters is 1. The number of halogens is 2. The van der Waals surface area contributed by atoms with E-state index in [0.29, 0.717) is 44.3 Å². The number of benzene rings is 2. The average molecular weight is 508 g/mol. The fraction of sp³-hybridized carbons (Fsp3) is 0.261. The molecule has 1 unspecified atom stereocenters. The highest BCUT2D eigenvalue weighted by Gasteiger charge is 2.33. The lowest BCUT2D eigenvalue weighted by Crippen LogP contribution is -2.46. The van der Waals surface area contributed by atoms with Crippen molar-refractivity contribution in [3.63, 3.8) is 0 Å². The maximum absolute atomic E-state index is 12.8. The Balaban J connectivity index is 1.81. The first-order chi connectivity index (χ1) is 15.7. The smallest absolute Gasteiger partial charge is 0.338 e. The van der Waals surface area contributed by atoms with Gasteiger partial charge >= 0.3 is 5.97 Å². The summed E-state index contributed by atoms with van der Waals surface area (Å²) in [6, 6.07) is 11.3. The maximum Gasteiger partial charge on any atom is 0.338 e. The number of thiocarbonyl (C=S) groups is 1. The van der Waals surface area contributed by atoms with Crippen molar-refractivity contribution in [3.8, 4) is 0 Å².